The van der Waals surface area contributed by atoms with Crippen LogP contribution in [0.2, 0.25) is 0 Å². The summed E-state index contributed by atoms with van der Waals surface area (Å²) >= 11 is 0. The predicted molar refractivity (Wildman–Crippen MR) is 30.0 cm³/mol. The van der Waals surface area contributed by atoms with E-state index in [1.807, 2.05) is 0 Å². The predicted octanol–water partition coefficient (Wildman–Crippen LogP) is -5.01. The van der Waals surface area contributed by atoms with Crippen LogP contribution in [-0.4, -0.2) is 27.4 Å². The van der Waals surface area contributed by atoms with Gasteiger partial charge >= 0.3 is 36.9 Å². The molecule has 0 spiro atoms. The van der Waals surface area contributed by atoms with Crippen molar-refractivity contribution in [3.8, 4) is 0 Å². The fourth-order valence-electron chi connectivity index (χ4n) is 0.192. The van der Waals surface area contributed by atoms with Crippen LogP contribution in [0.25, 0.3) is 0 Å². The SMILES string of the molecule is OB(O)O.[Na+].c1c[n-]cn1. The largest absolute Gasteiger partial charge is 1.00 e. The van der Waals surface area contributed by atoms with E-state index in [1.165, 1.54) is 6.33 Å². The number of aromatic nitrogens is 2. The molecule has 0 bridgehead atoms. The van der Waals surface area contributed by atoms with Gasteiger partial charge in [0.1, 0.15) is 0 Å². The number of rotatable bonds is 0. The van der Waals surface area contributed by atoms with E-state index in [-0.39, 0.29) is 29.6 Å². The van der Waals surface area contributed by atoms with Crippen molar-refractivity contribution in [3.63, 3.8) is 0 Å². The Kier molecular flexibility index (Phi) is 11.7. The van der Waals surface area contributed by atoms with Crippen molar-refractivity contribution in [1.82, 2.24) is 9.97 Å². The van der Waals surface area contributed by atoms with Gasteiger partial charge in [-0.3, -0.25) is 0 Å². The third-order valence-corrected chi connectivity index (χ3v) is 0.372. The van der Waals surface area contributed by atoms with Gasteiger partial charge in [0, 0.05) is 0 Å². The molecule has 0 fully saturated rings. The fourth-order valence-corrected chi connectivity index (χ4v) is 0.192. The topological polar surface area (TPSA) is 87.7 Å². The zero-order valence-corrected chi connectivity index (χ0v) is 7.55. The Balaban J connectivity index is 0. The summed E-state index contributed by atoms with van der Waals surface area (Å²) in [6.45, 7) is 0. The van der Waals surface area contributed by atoms with E-state index in [0.29, 0.717) is 0 Å². The van der Waals surface area contributed by atoms with Crippen LogP contribution < -0.4 is 34.5 Å². The summed E-state index contributed by atoms with van der Waals surface area (Å²) in [4.78, 5) is 7.22. The second-order valence-electron chi connectivity index (χ2n) is 1.06. The Morgan fingerprint density at radius 1 is 1.30 bits per heavy atom. The summed E-state index contributed by atoms with van der Waals surface area (Å²) in [5, 5.41) is 21.5. The third kappa shape index (κ3) is 15.7. The summed E-state index contributed by atoms with van der Waals surface area (Å²) < 4.78 is 0. The van der Waals surface area contributed by atoms with Crippen LogP contribution in [0.5, 0.6) is 0 Å². The van der Waals surface area contributed by atoms with Gasteiger partial charge in [-0.1, -0.05) is 18.7 Å². The molecule has 0 aliphatic heterocycles. The Bertz CT molecular complexity index is 105. The molecule has 0 saturated heterocycles. The van der Waals surface area contributed by atoms with E-state index >= 15 is 0 Å². The normalized spacial score (nSPS) is 6.70. The Hall–Kier alpha value is 0.155. The van der Waals surface area contributed by atoms with Gasteiger partial charge in [-0.25, -0.2) is 0 Å². The molecular weight excluding hydrogens is 146 g/mol. The second-order valence-corrected chi connectivity index (χ2v) is 1.06. The molecule has 0 amide bonds. The first kappa shape index (κ1) is 12.8. The number of imidazole rings is 1. The molecule has 7 heteroatoms. The summed E-state index contributed by atoms with van der Waals surface area (Å²) in [5.74, 6) is 0. The summed E-state index contributed by atoms with van der Waals surface area (Å²) in [6.07, 6.45) is 4.78. The molecular formula is C3H6BN2NaO3. The molecule has 10 heavy (non-hydrogen) atoms. The van der Waals surface area contributed by atoms with Crippen molar-refractivity contribution in [2.45, 2.75) is 0 Å². The van der Waals surface area contributed by atoms with Crippen LogP contribution in [0.4, 0.5) is 0 Å². The van der Waals surface area contributed by atoms with E-state index in [9.17, 15) is 0 Å². The summed E-state index contributed by atoms with van der Waals surface area (Å²) in [6, 6.07) is 0. The molecule has 0 saturated carbocycles. The Morgan fingerprint density at radius 2 is 1.80 bits per heavy atom. The Labute approximate surface area is 80.6 Å². The molecule has 50 valence electrons. The minimum Gasteiger partial charge on any atom is -0.450 e. The van der Waals surface area contributed by atoms with Crippen molar-refractivity contribution < 1.29 is 44.6 Å². The molecule has 1 rings (SSSR count). The summed E-state index contributed by atoms with van der Waals surface area (Å²) in [7, 11) is -2.17. The molecule has 1 aromatic heterocycles. The van der Waals surface area contributed by atoms with Crippen LogP contribution in [0.15, 0.2) is 18.7 Å². The maximum absolute atomic E-state index is 7.17. The van der Waals surface area contributed by atoms with Crippen LogP contribution in [0.1, 0.15) is 0 Å². The van der Waals surface area contributed by atoms with Crippen molar-refractivity contribution >= 4 is 7.32 Å². The maximum Gasteiger partial charge on any atom is 1.00 e. The van der Waals surface area contributed by atoms with Gasteiger partial charge in [-0.15, -0.1) is 0 Å². The molecule has 0 radical (unpaired) electrons. The van der Waals surface area contributed by atoms with Crippen LogP contribution >= 0.6 is 0 Å². The molecule has 1 heterocycles. The smallest absolute Gasteiger partial charge is 0.450 e. The minimum atomic E-state index is -2.17. The number of hydrogen-bond donors (Lipinski definition) is 3. The number of hydrogen-bond acceptors (Lipinski definition) is 4. The molecule has 0 aliphatic rings. The van der Waals surface area contributed by atoms with E-state index in [1.54, 1.807) is 12.4 Å². The average molecular weight is 152 g/mol. The molecule has 0 aromatic carbocycles. The second kappa shape index (κ2) is 9.15. The molecule has 0 atom stereocenters. The van der Waals surface area contributed by atoms with Crippen molar-refractivity contribution in [2.75, 3.05) is 0 Å². The first-order valence-electron chi connectivity index (χ1n) is 2.14. The van der Waals surface area contributed by atoms with Crippen LogP contribution in [0, 0.1) is 0 Å². The van der Waals surface area contributed by atoms with Crippen LogP contribution in [0.3, 0.4) is 0 Å². The summed E-state index contributed by atoms with van der Waals surface area (Å²) in [5.41, 5.74) is 0. The van der Waals surface area contributed by atoms with Gasteiger partial charge in [0.2, 0.25) is 0 Å². The Morgan fingerprint density at radius 3 is 1.90 bits per heavy atom. The van der Waals surface area contributed by atoms with Crippen molar-refractivity contribution in [2.24, 2.45) is 0 Å². The average Bonchev–Trinajstić information content (AvgIpc) is 2.11. The van der Waals surface area contributed by atoms with Gasteiger partial charge < -0.3 is 25.0 Å². The molecule has 0 aliphatic carbocycles. The molecule has 0 unspecified atom stereocenters. The van der Waals surface area contributed by atoms with E-state index in [0.717, 1.165) is 0 Å². The third-order valence-electron chi connectivity index (χ3n) is 0.372. The quantitative estimate of drug-likeness (QED) is 0.324. The minimum absolute atomic E-state index is 0. The van der Waals surface area contributed by atoms with Crippen molar-refractivity contribution in [1.29, 1.82) is 0 Å². The van der Waals surface area contributed by atoms with Crippen molar-refractivity contribution in [3.05, 3.63) is 18.7 Å². The van der Waals surface area contributed by atoms with Gasteiger partial charge in [0.05, 0.1) is 0 Å². The first-order chi connectivity index (χ1) is 4.23. The van der Waals surface area contributed by atoms with E-state index < -0.39 is 7.32 Å². The molecule has 5 nitrogen and oxygen atoms in total. The zero-order valence-electron chi connectivity index (χ0n) is 5.55. The van der Waals surface area contributed by atoms with Gasteiger partial charge in [-0.05, 0) is 0 Å². The van der Waals surface area contributed by atoms with E-state index in [2.05, 4.69) is 9.97 Å². The fraction of sp³-hybridized carbons (Fsp3) is 0. The number of nitrogens with zero attached hydrogens (tertiary/aromatic N) is 2. The maximum atomic E-state index is 7.17. The van der Waals surface area contributed by atoms with Gasteiger partial charge in [0.25, 0.3) is 0 Å². The zero-order chi connectivity index (χ0) is 7.11. The first-order valence-corrected chi connectivity index (χ1v) is 2.14. The monoisotopic (exact) mass is 152 g/mol. The molecule has 3 N–H and O–H groups in total. The van der Waals surface area contributed by atoms with Gasteiger partial charge in [0.15, 0.2) is 0 Å². The van der Waals surface area contributed by atoms with E-state index in [4.69, 9.17) is 15.1 Å². The molecule has 1 aromatic rings. The van der Waals surface area contributed by atoms with Gasteiger partial charge in [-0.2, -0.15) is 0 Å². The van der Waals surface area contributed by atoms with Crippen LogP contribution in [-0.2, 0) is 0 Å². The standard InChI is InChI=1S/C3H3N2.BH3O3.Na/c1-2-5-3-4-1;2-1(3)4;/h1-3H;2-4H;/q-1;;+1.